The molecule has 6 nitrogen and oxygen atoms in total. The van der Waals surface area contributed by atoms with Gasteiger partial charge in [0.05, 0.1) is 18.2 Å². The SMILES string of the molecule is COc1ccccc1-c1ccc2c(C(=O)N(C)C)nn(C)c2n1. The number of carbonyl (C=O) groups is 1. The van der Waals surface area contributed by atoms with E-state index in [0.29, 0.717) is 11.3 Å². The molecule has 0 aliphatic rings. The van der Waals surface area contributed by atoms with Crippen molar-refractivity contribution in [3.05, 3.63) is 42.1 Å². The van der Waals surface area contributed by atoms with Gasteiger partial charge in [0.2, 0.25) is 0 Å². The first-order chi connectivity index (χ1) is 11.0. The average Bonchev–Trinajstić information content (AvgIpc) is 2.90. The van der Waals surface area contributed by atoms with Crippen LogP contribution in [-0.2, 0) is 7.05 Å². The average molecular weight is 310 g/mol. The molecule has 2 heterocycles. The van der Waals surface area contributed by atoms with E-state index in [1.54, 1.807) is 32.9 Å². The lowest BCUT2D eigenvalue weighted by molar-refractivity contribution is 0.0823. The van der Waals surface area contributed by atoms with Crippen molar-refractivity contribution in [2.45, 2.75) is 0 Å². The Kier molecular flexibility index (Phi) is 3.73. The summed E-state index contributed by atoms with van der Waals surface area (Å²) >= 11 is 0. The molecule has 3 aromatic rings. The molecule has 1 amide bonds. The monoisotopic (exact) mass is 310 g/mol. The van der Waals surface area contributed by atoms with Crippen molar-refractivity contribution in [3.63, 3.8) is 0 Å². The molecule has 0 saturated carbocycles. The lowest BCUT2D eigenvalue weighted by atomic mass is 10.1. The van der Waals surface area contributed by atoms with Crippen molar-refractivity contribution >= 4 is 16.9 Å². The molecule has 0 N–H and O–H groups in total. The summed E-state index contributed by atoms with van der Waals surface area (Å²) in [7, 11) is 6.84. The van der Waals surface area contributed by atoms with Crippen molar-refractivity contribution in [1.82, 2.24) is 19.7 Å². The van der Waals surface area contributed by atoms with Crippen LogP contribution in [0.15, 0.2) is 36.4 Å². The van der Waals surface area contributed by atoms with Gasteiger partial charge >= 0.3 is 0 Å². The molecule has 2 aromatic heterocycles. The molecule has 0 aliphatic heterocycles. The number of para-hydroxylation sites is 1. The summed E-state index contributed by atoms with van der Waals surface area (Å²) in [4.78, 5) is 18.4. The van der Waals surface area contributed by atoms with E-state index >= 15 is 0 Å². The van der Waals surface area contributed by atoms with Crippen molar-refractivity contribution in [2.75, 3.05) is 21.2 Å². The maximum Gasteiger partial charge on any atom is 0.274 e. The highest BCUT2D eigenvalue weighted by atomic mass is 16.5. The van der Waals surface area contributed by atoms with E-state index in [1.165, 1.54) is 4.90 Å². The Morgan fingerprint density at radius 3 is 2.61 bits per heavy atom. The van der Waals surface area contributed by atoms with E-state index in [-0.39, 0.29) is 5.91 Å². The summed E-state index contributed by atoms with van der Waals surface area (Å²) in [5, 5.41) is 5.06. The number of methoxy groups -OCH3 is 1. The largest absolute Gasteiger partial charge is 0.496 e. The normalized spacial score (nSPS) is 10.8. The fourth-order valence-corrected chi connectivity index (χ4v) is 2.51. The van der Waals surface area contributed by atoms with Gasteiger partial charge in [0.1, 0.15) is 5.75 Å². The number of hydrogen-bond acceptors (Lipinski definition) is 4. The number of rotatable bonds is 3. The van der Waals surface area contributed by atoms with Crippen LogP contribution in [0.25, 0.3) is 22.3 Å². The van der Waals surface area contributed by atoms with E-state index in [1.807, 2.05) is 36.4 Å². The van der Waals surface area contributed by atoms with Gasteiger partial charge in [-0.3, -0.25) is 4.79 Å². The molecule has 0 unspecified atom stereocenters. The van der Waals surface area contributed by atoms with Crippen LogP contribution in [0.5, 0.6) is 5.75 Å². The molecule has 23 heavy (non-hydrogen) atoms. The third-order valence-corrected chi connectivity index (χ3v) is 3.68. The first-order valence-corrected chi connectivity index (χ1v) is 7.21. The van der Waals surface area contributed by atoms with Crippen LogP contribution in [0.4, 0.5) is 0 Å². The predicted octanol–water partition coefficient (Wildman–Crippen LogP) is 2.35. The zero-order valence-electron chi connectivity index (χ0n) is 13.6. The number of hydrogen-bond donors (Lipinski definition) is 0. The van der Waals surface area contributed by atoms with Gasteiger partial charge in [-0.2, -0.15) is 5.10 Å². The smallest absolute Gasteiger partial charge is 0.274 e. The molecule has 0 bridgehead atoms. The molecule has 0 saturated heterocycles. The molecule has 0 radical (unpaired) electrons. The number of ether oxygens (including phenoxy) is 1. The maximum atomic E-state index is 12.2. The van der Waals surface area contributed by atoms with Crippen LogP contribution in [0.3, 0.4) is 0 Å². The Balaban J connectivity index is 2.17. The van der Waals surface area contributed by atoms with Gasteiger partial charge in [-0.1, -0.05) is 12.1 Å². The standard InChI is InChI=1S/C17H18N4O2/c1-20(2)17(22)15-12-9-10-13(18-16(12)21(3)19-15)11-7-5-6-8-14(11)23-4/h5-10H,1-4H3. The molecule has 6 heteroatoms. The number of pyridine rings is 1. The predicted molar refractivity (Wildman–Crippen MR) is 88.5 cm³/mol. The number of fused-ring (bicyclic) bond motifs is 1. The summed E-state index contributed by atoms with van der Waals surface area (Å²) < 4.78 is 7.02. The second kappa shape index (κ2) is 5.72. The van der Waals surface area contributed by atoms with E-state index in [0.717, 1.165) is 22.4 Å². The number of aromatic nitrogens is 3. The molecule has 118 valence electrons. The van der Waals surface area contributed by atoms with Crippen LogP contribution in [0, 0.1) is 0 Å². The highest BCUT2D eigenvalue weighted by Gasteiger charge is 2.19. The van der Waals surface area contributed by atoms with Gasteiger partial charge in [0, 0.05) is 26.7 Å². The zero-order chi connectivity index (χ0) is 16.6. The second-order valence-corrected chi connectivity index (χ2v) is 5.44. The topological polar surface area (TPSA) is 60.2 Å². The van der Waals surface area contributed by atoms with Crippen LogP contribution in [-0.4, -0.2) is 46.8 Å². The number of nitrogens with zero attached hydrogens (tertiary/aromatic N) is 4. The van der Waals surface area contributed by atoms with Crippen LogP contribution < -0.4 is 4.74 Å². The van der Waals surface area contributed by atoms with Crippen LogP contribution in [0.1, 0.15) is 10.5 Å². The first kappa shape index (κ1) is 15.0. The highest BCUT2D eigenvalue weighted by Crippen LogP contribution is 2.30. The minimum atomic E-state index is -0.137. The maximum absolute atomic E-state index is 12.2. The van der Waals surface area contributed by atoms with Gasteiger partial charge in [-0.05, 0) is 24.3 Å². The van der Waals surface area contributed by atoms with Gasteiger partial charge in [0.15, 0.2) is 11.3 Å². The fraction of sp³-hybridized carbons (Fsp3) is 0.235. The second-order valence-electron chi connectivity index (χ2n) is 5.44. The van der Waals surface area contributed by atoms with Crippen LogP contribution in [0.2, 0.25) is 0 Å². The number of aryl methyl sites for hydroxylation is 1. The van der Waals surface area contributed by atoms with E-state index in [9.17, 15) is 4.79 Å². The van der Waals surface area contributed by atoms with E-state index < -0.39 is 0 Å². The molecule has 0 atom stereocenters. The number of amides is 1. The lowest BCUT2D eigenvalue weighted by Crippen LogP contribution is -2.22. The summed E-state index contributed by atoms with van der Waals surface area (Å²) in [6, 6.07) is 11.5. The van der Waals surface area contributed by atoms with Crippen molar-refractivity contribution in [1.29, 1.82) is 0 Å². The third-order valence-electron chi connectivity index (χ3n) is 3.68. The number of benzene rings is 1. The minimum absolute atomic E-state index is 0.137. The van der Waals surface area contributed by atoms with Crippen LogP contribution >= 0.6 is 0 Å². The highest BCUT2D eigenvalue weighted by molar-refractivity contribution is 6.04. The van der Waals surface area contributed by atoms with Gasteiger partial charge in [-0.25, -0.2) is 9.67 Å². The molecular weight excluding hydrogens is 292 g/mol. The molecule has 0 spiro atoms. The van der Waals surface area contributed by atoms with Gasteiger partial charge < -0.3 is 9.64 Å². The minimum Gasteiger partial charge on any atom is -0.496 e. The first-order valence-electron chi connectivity index (χ1n) is 7.21. The Labute approximate surface area is 134 Å². The summed E-state index contributed by atoms with van der Waals surface area (Å²) in [6.45, 7) is 0. The molecular formula is C17H18N4O2. The molecule has 0 aliphatic carbocycles. The van der Waals surface area contributed by atoms with E-state index in [2.05, 4.69) is 10.1 Å². The van der Waals surface area contributed by atoms with Crippen molar-refractivity contribution < 1.29 is 9.53 Å². The molecule has 0 fully saturated rings. The Bertz CT molecular complexity index is 883. The Hall–Kier alpha value is -2.89. The zero-order valence-corrected chi connectivity index (χ0v) is 13.6. The quantitative estimate of drug-likeness (QED) is 0.745. The number of carbonyl (C=O) groups excluding carboxylic acids is 1. The van der Waals surface area contributed by atoms with Gasteiger partial charge in [0.25, 0.3) is 5.91 Å². The van der Waals surface area contributed by atoms with Crippen molar-refractivity contribution in [2.24, 2.45) is 7.05 Å². The van der Waals surface area contributed by atoms with E-state index in [4.69, 9.17) is 4.74 Å². The van der Waals surface area contributed by atoms with Gasteiger partial charge in [-0.15, -0.1) is 0 Å². The summed E-state index contributed by atoms with van der Waals surface area (Å²) in [6.07, 6.45) is 0. The molecule has 3 rings (SSSR count). The third kappa shape index (κ3) is 2.52. The fourth-order valence-electron chi connectivity index (χ4n) is 2.51. The Morgan fingerprint density at radius 1 is 1.17 bits per heavy atom. The Morgan fingerprint density at radius 2 is 1.91 bits per heavy atom. The lowest BCUT2D eigenvalue weighted by Gasteiger charge is -2.08. The summed E-state index contributed by atoms with van der Waals surface area (Å²) in [5.41, 5.74) is 2.76. The van der Waals surface area contributed by atoms with Crippen molar-refractivity contribution in [3.8, 4) is 17.0 Å². The molecule has 1 aromatic carbocycles. The summed E-state index contributed by atoms with van der Waals surface area (Å²) in [5.74, 6) is 0.619.